The zero-order valence-electron chi connectivity index (χ0n) is 10.0. The van der Waals surface area contributed by atoms with Crippen molar-refractivity contribution in [3.8, 4) is 0 Å². The fourth-order valence-corrected chi connectivity index (χ4v) is 3.23. The maximum atomic E-state index is 10.8. The fourth-order valence-electron chi connectivity index (χ4n) is 2.14. The van der Waals surface area contributed by atoms with Gasteiger partial charge in [-0.15, -0.1) is 0 Å². The molecule has 1 atom stereocenters. The number of rotatable bonds is 3. The van der Waals surface area contributed by atoms with Gasteiger partial charge >= 0.3 is 0 Å². The summed E-state index contributed by atoms with van der Waals surface area (Å²) in [7, 11) is 4.15. The first-order valence-corrected chi connectivity index (χ1v) is 6.84. The molecule has 0 amide bonds. The first-order chi connectivity index (χ1) is 8.11. The van der Waals surface area contributed by atoms with E-state index in [1.807, 2.05) is 7.05 Å². The van der Waals surface area contributed by atoms with E-state index in [0.717, 1.165) is 30.9 Å². The predicted octanol–water partition coefficient (Wildman–Crippen LogP) is 2.14. The monoisotopic (exact) mass is 273 g/mol. The Morgan fingerprint density at radius 1 is 1.65 bits per heavy atom. The van der Waals surface area contributed by atoms with Crippen LogP contribution in [0.3, 0.4) is 0 Å². The lowest BCUT2D eigenvalue weighted by Gasteiger charge is -2.35. The predicted molar refractivity (Wildman–Crippen MR) is 71.4 cm³/mol. The van der Waals surface area contributed by atoms with Crippen molar-refractivity contribution in [1.82, 2.24) is 9.88 Å². The summed E-state index contributed by atoms with van der Waals surface area (Å²) in [6.45, 7) is 2.19. The van der Waals surface area contributed by atoms with Gasteiger partial charge < -0.3 is 9.80 Å². The van der Waals surface area contributed by atoms with E-state index in [1.165, 1.54) is 17.8 Å². The number of likely N-dealkylation sites (N-methyl/N-ethyl adjacent to an activating group) is 2. The molecule has 0 N–H and O–H groups in total. The molecule has 2 heterocycles. The van der Waals surface area contributed by atoms with Gasteiger partial charge in [-0.2, -0.15) is 0 Å². The van der Waals surface area contributed by atoms with Gasteiger partial charge in [-0.25, -0.2) is 4.98 Å². The molecular weight excluding hydrogens is 258 g/mol. The van der Waals surface area contributed by atoms with Crippen molar-refractivity contribution < 1.29 is 4.79 Å². The number of aromatic nitrogens is 1. The van der Waals surface area contributed by atoms with Gasteiger partial charge in [0.05, 0.1) is 0 Å². The number of likely N-dealkylation sites (tertiary alicyclic amines) is 1. The van der Waals surface area contributed by atoms with E-state index >= 15 is 0 Å². The van der Waals surface area contributed by atoms with Gasteiger partial charge in [0.15, 0.2) is 16.6 Å². The number of thiazole rings is 1. The molecule has 2 rings (SSSR count). The molecule has 1 unspecified atom stereocenters. The van der Waals surface area contributed by atoms with Crippen molar-refractivity contribution >= 4 is 34.4 Å². The highest BCUT2D eigenvalue weighted by Gasteiger charge is 2.23. The Hall–Kier alpha value is -0.650. The van der Waals surface area contributed by atoms with Crippen molar-refractivity contribution in [3.63, 3.8) is 0 Å². The molecule has 0 aromatic carbocycles. The molecule has 1 aromatic rings. The highest BCUT2D eigenvalue weighted by molar-refractivity contribution is 7.17. The number of halogens is 1. The summed E-state index contributed by atoms with van der Waals surface area (Å²) < 4.78 is 0. The quantitative estimate of drug-likeness (QED) is 0.791. The lowest BCUT2D eigenvalue weighted by molar-refractivity contribution is 0.112. The van der Waals surface area contributed by atoms with Crippen LogP contribution in [0.15, 0.2) is 0 Å². The number of hydrogen-bond acceptors (Lipinski definition) is 5. The van der Waals surface area contributed by atoms with Crippen molar-refractivity contribution in [2.24, 2.45) is 0 Å². The molecule has 4 nitrogen and oxygen atoms in total. The van der Waals surface area contributed by atoms with E-state index in [1.54, 1.807) is 0 Å². The third-order valence-corrected chi connectivity index (χ3v) is 4.63. The molecule has 1 aliphatic heterocycles. The summed E-state index contributed by atoms with van der Waals surface area (Å²) >= 11 is 7.25. The van der Waals surface area contributed by atoms with Crippen LogP contribution in [-0.4, -0.2) is 49.4 Å². The van der Waals surface area contributed by atoms with Crippen LogP contribution in [0, 0.1) is 0 Å². The van der Waals surface area contributed by atoms with Crippen LogP contribution in [0.5, 0.6) is 0 Å². The third kappa shape index (κ3) is 2.78. The molecule has 17 heavy (non-hydrogen) atoms. The van der Waals surface area contributed by atoms with E-state index in [9.17, 15) is 4.79 Å². The second kappa shape index (κ2) is 5.33. The summed E-state index contributed by atoms with van der Waals surface area (Å²) in [4.78, 5) is 20.0. The average molecular weight is 274 g/mol. The number of nitrogens with zero attached hydrogens (tertiary/aromatic N) is 3. The highest BCUT2D eigenvalue weighted by Crippen LogP contribution is 2.30. The lowest BCUT2D eigenvalue weighted by atomic mass is 10.1. The molecule has 0 radical (unpaired) electrons. The molecule has 94 valence electrons. The molecule has 0 saturated carbocycles. The van der Waals surface area contributed by atoms with Crippen molar-refractivity contribution in [3.05, 3.63) is 10.0 Å². The second-order valence-corrected chi connectivity index (χ2v) is 5.81. The van der Waals surface area contributed by atoms with Crippen LogP contribution >= 0.6 is 22.9 Å². The summed E-state index contributed by atoms with van der Waals surface area (Å²) in [5.41, 5.74) is 0. The molecule has 1 saturated heterocycles. The van der Waals surface area contributed by atoms with Crippen LogP contribution < -0.4 is 4.90 Å². The van der Waals surface area contributed by atoms with E-state index in [-0.39, 0.29) is 0 Å². The summed E-state index contributed by atoms with van der Waals surface area (Å²) in [5.74, 6) is 0. The van der Waals surface area contributed by atoms with Gasteiger partial charge in [0.2, 0.25) is 0 Å². The highest BCUT2D eigenvalue weighted by atomic mass is 35.5. The number of carbonyl (C=O) groups excluding carboxylic acids is 1. The zero-order valence-corrected chi connectivity index (χ0v) is 11.6. The summed E-state index contributed by atoms with van der Waals surface area (Å²) in [6.07, 6.45) is 3.13. The second-order valence-electron chi connectivity index (χ2n) is 4.44. The Bertz CT molecular complexity index is 409. The minimum atomic E-state index is 0.316. The summed E-state index contributed by atoms with van der Waals surface area (Å²) in [5, 5.41) is 1.15. The Morgan fingerprint density at radius 2 is 2.41 bits per heavy atom. The average Bonchev–Trinajstić information content (AvgIpc) is 2.69. The van der Waals surface area contributed by atoms with Gasteiger partial charge in [0, 0.05) is 19.6 Å². The summed E-state index contributed by atoms with van der Waals surface area (Å²) in [6, 6.07) is 0.454. The molecular formula is C11H16ClN3OS. The topological polar surface area (TPSA) is 36.4 Å². The molecule has 1 aromatic heterocycles. The molecule has 0 spiro atoms. The van der Waals surface area contributed by atoms with Crippen LogP contribution in [-0.2, 0) is 0 Å². The number of hydrogen-bond donors (Lipinski definition) is 0. The molecule has 1 fully saturated rings. The van der Waals surface area contributed by atoms with E-state index < -0.39 is 0 Å². The molecule has 0 bridgehead atoms. The minimum Gasteiger partial charge on any atom is -0.347 e. The molecule has 0 aliphatic carbocycles. The van der Waals surface area contributed by atoms with Crippen LogP contribution in [0.4, 0.5) is 5.13 Å². The largest absolute Gasteiger partial charge is 0.347 e. The van der Waals surface area contributed by atoms with Crippen molar-refractivity contribution in [2.45, 2.75) is 18.9 Å². The Morgan fingerprint density at radius 3 is 3.00 bits per heavy atom. The smallest absolute Gasteiger partial charge is 0.187 e. The van der Waals surface area contributed by atoms with Crippen LogP contribution in [0.1, 0.15) is 22.5 Å². The zero-order chi connectivity index (χ0) is 12.4. The lowest BCUT2D eigenvalue weighted by Crippen LogP contribution is -2.45. The van der Waals surface area contributed by atoms with E-state index in [2.05, 4.69) is 21.8 Å². The van der Waals surface area contributed by atoms with Gasteiger partial charge in [0.25, 0.3) is 0 Å². The van der Waals surface area contributed by atoms with Crippen LogP contribution in [0.25, 0.3) is 0 Å². The SMILES string of the molecule is CN1CCCC(N(C)c2nc(Cl)c(C=O)s2)C1. The molecule has 1 aliphatic rings. The Kier molecular flexibility index (Phi) is 4.01. The van der Waals surface area contributed by atoms with E-state index in [4.69, 9.17) is 11.6 Å². The minimum absolute atomic E-state index is 0.316. The number of piperidine rings is 1. The number of carbonyl (C=O) groups is 1. The third-order valence-electron chi connectivity index (χ3n) is 3.15. The normalized spacial score (nSPS) is 21.5. The van der Waals surface area contributed by atoms with Gasteiger partial charge in [-0.1, -0.05) is 22.9 Å². The maximum absolute atomic E-state index is 10.8. The standard InChI is InChI=1S/C11H16ClN3OS/c1-14-5-3-4-8(6-14)15(2)11-13-10(12)9(7-16)17-11/h7-8H,3-6H2,1-2H3. The van der Waals surface area contributed by atoms with Gasteiger partial charge in [-0.3, -0.25) is 4.79 Å². The first-order valence-electron chi connectivity index (χ1n) is 5.64. The maximum Gasteiger partial charge on any atom is 0.187 e. The van der Waals surface area contributed by atoms with Gasteiger partial charge in [0.1, 0.15) is 4.88 Å². The van der Waals surface area contributed by atoms with E-state index in [0.29, 0.717) is 16.1 Å². The number of anilines is 1. The van der Waals surface area contributed by atoms with Gasteiger partial charge in [-0.05, 0) is 26.4 Å². The Balaban J connectivity index is 2.12. The fraction of sp³-hybridized carbons (Fsp3) is 0.636. The molecule has 6 heteroatoms. The Labute approximate surface area is 110 Å². The first kappa shape index (κ1) is 12.8. The van der Waals surface area contributed by atoms with Crippen LogP contribution in [0.2, 0.25) is 5.15 Å². The number of aldehydes is 1. The van der Waals surface area contributed by atoms with Crippen molar-refractivity contribution in [1.29, 1.82) is 0 Å². The van der Waals surface area contributed by atoms with Crippen molar-refractivity contribution in [2.75, 3.05) is 32.1 Å².